The van der Waals surface area contributed by atoms with Crippen LogP contribution in [0.5, 0.6) is 0 Å². The molecule has 110 valence electrons. The molecule has 3 aromatic heterocycles. The summed E-state index contributed by atoms with van der Waals surface area (Å²) >= 11 is 1.64. The van der Waals surface area contributed by atoms with Gasteiger partial charge in [-0.3, -0.25) is 0 Å². The SMILES string of the molecule is Cc1ncc(-c2nc3c(cnn3[C@@H](C)c3ccccc3)[nH]2)s1. The Morgan fingerprint density at radius 2 is 2.00 bits per heavy atom. The second kappa shape index (κ2) is 5.06. The predicted octanol–water partition coefficient (Wildman–Crippen LogP) is 3.80. The van der Waals surface area contributed by atoms with E-state index >= 15 is 0 Å². The van der Waals surface area contributed by atoms with Crippen molar-refractivity contribution < 1.29 is 0 Å². The van der Waals surface area contributed by atoms with Crippen molar-refractivity contribution in [2.75, 3.05) is 0 Å². The number of rotatable bonds is 3. The number of thiazole rings is 1. The molecule has 0 spiro atoms. The van der Waals surface area contributed by atoms with E-state index in [0.717, 1.165) is 26.9 Å². The number of nitrogens with one attached hydrogen (secondary N) is 1. The molecule has 3 heterocycles. The molecule has 1 aromatic carbocycles. The second-order valence-corrected chi connectivity index (χ2v) is 6.48. The van der Waals surface area contributed by atoms with Crippen LogP contribution in [0.1, 0.15) is 23.5 Å². The van der Waals surface area contributed by atoms with Crippen LogP contribution >= 0.6 is 11.3 Å². The number of benzene rings is 1. The third kappa shape index (κ3) is 2.12. The minimum Gasteiger partial charge on any atom is -0.335 e. The van der Waals surface area contributed by atoms with Crippen LogP contribution < -0.4 is 0 Å². The summed E-state index contributed by atoms with van der Waals surface area (Å²) in [6.07, 6.45) is 3.69. The van der Waals surface area contributed by atoms with Crippen LogP contribution in [0.4, 0.5) is 0 Å². The highest BCUT2D eigenvalue weighted by atomic mass is 32.1. The molecular weight excluding hydrogens is 294 g/mol. The molecule has 0 fully saturated rings. The van der Waals surface area contributed by atoms with Gasteiger partial charge in [-0.15, -0.1) is 11.3 Å². The van der Waals surface area contributed by atoms with Crippen molar-refractivity contribution in [3.8, 4) is 10.7 Å². The van der Waals surface area contributed by atoms with Crippen LogP contribution in [-0.2, 0) is 0 Å². The summed E-state index contributed by atoms with van der Waals surface area (Å²) in [4.78, 5) is 13.4. The molecule has 5 nitrogen and oxygen atoms in total. The zero-order chi connectivity index (χ0) is 15.1. The number of hydrogen-bond donors (Lipinski definition) is 1. The lowest BCUT2D eigenvalue weighted by molar-refractivity contribution is 0.579. The average molecular weight is 309 g/mol. The van der Waals surface area contributed by atoms with Crippen LogP contribution in [0.2, 0.25) is 0 Å². The lowest BCUT2D eigenvalue weighted by Crippen LogP contribution is -2.08. The predicted molar refractivity (Wildman–Crippen MR) is 88.0 cm³/mol. The Hall–Kier alpha value is -2.47. The summed E-state index contributed by atoms with van der Waals surface area (Å²) in [7, 11) is 0. The molecule has 6 heteroatoms. The molecule has 4 aromatic rings. The van der Waals surface area contributed by atoms with E-state index in [1.165, 1.54) is 5.56 Å². The molecule has 0 saturated carbocycles. The quantitative estimate of drug-likeness (QED) is 0.626. The Morgan fingerprint density at radius 1 is 1.18 bits per heavy atom. The molecule has 0 amide bonds. The van der Waals surface area contributed by atoms with Crippen LogP contribution in [0, 0.1) is 6.92 Å². The van der Waals surface area contributed by atoms with E-state index < -0.39 is 0 Å². The van der Waals surface area contributed by atoms with Crippen molar-refractivity contribution in [1.82, 2.24) is 24.7 Å². The van der Waals surface area contributed by atoms with E-state index in [1.54, 1.807) is 11.3 Å². The number of H-pyrrole nitrogens is 1. The number of fused-ring (bicyclic) bond motifs is 1. The maximum Gasteiger partial charge on any atom is 0.177 e. The van der Waals surface area contributed by atoms with Gasteiger partial charge in [-0.05, 0) is 19.4 Å². The fraction of sp³-hybridized carbons (Fsp3) is 0.188. The van der Waals surface area contributed by atoms with Crippen molar-refractivity contribution in [3.63, 3.8) is 0 Å². The van der Waals surface area contributed by atoms with Gasteiger partial charge < -0.3 is 4.98 Å². The highest BCUT2D eigenvalue weighted by Crippen LogP contribution is 2.27. The summed E-state index contributed by atoms with van der Waals surface area (Å²) in [5.74, 6) is 0.854. The fourth-order valence-corrected chi connectivity index (χ4v) is 3.28. The maximum absolute atomic E-state index is 4.72. The smallest absolute Gasteiger partial charge is 0.177 e. The van der Waals surface area contributed by atoms with Gasteiger partial charge in [0, 0.05) is 6.20 Å². The first-order valence-electron chi connectivity index (χ1n) is 7.13. The third-order valence-corrected chi connectivity index (χ3v) is 4.66. The zero-order valence-electron chi connectivity index (χ0n) is 12.3. The van der Waals surface area contributed by atoms with Crippen LogP contribution in [0.15, 0.2) is 42.7 Å². The summed E-state index contributed by atoms with van der Waals surface area (Å²) in [5, 5.41) is 5.52. The van der Waals surface area contributed by atoms with Crippen molar-refractivity contribution in [3.05, 3.63) is 53.3 Å². The number of imidazole rings is 1. The molecule has 22 heavy (non-hydrogen) atoms. The average Bonchev–Trinajstić information content (AvgIpc) is 3.22. The minimum atomic E-state index is 0.137. The van der Waals surface area contributed by atoms with Gasteiger partial charge >= 0.3 is 0 Å². The molecule has 0 bridgehead atoms. The van der Waals surface area contributed by atoms with Gasteiger partial charge in [-0.2, -0.15) is 5.10 Å². The van der Waals surface area contributed by atoms with Gasteiger partial charge in [0.2, 0.25) is 0 Å². The highest BCUT2D eigenvalue weighted by molar-refractivity contribution is 7.14. The van der Waals surface area contributed by atoms with Crippen LogP contribution in [-0.4, -0.2) is 24.7 Å². The van der Waals surface area contributed by atoms with Gasteiger partial charge in [-0.1, -0.05) is 30.3 Å². The normalized spacial score (nSPS) is 12.8. The topological polar surface area (TPSA) is 59.4 Å². The third-order valence-electron chi connectivity index (χ3n) is 3.74. The number of aromatic amines is 1. The Labute approximate surface area is 131 Å². The molecule has 1 N–H and O–H groups in total. The molecule has 0 aliphatic carbocycles. The molecule has 0 aliphatic rings. The van der Waals surface area contributed by atoms with Crippen molar-refractivity contribution in [2.24, 2.45) is 0 Å². The number of aromatic nitrogens is 5. The summed E-state index contributed by atoms with van der Waals surface area (Å²) in [5.41, 5.74) is 3.03. The number of nitrogens with zero attached hydrogens (tertiary/aromatic N) is 4. The second-order valence-electron chi connectivity index (χ2n) is 5.24. The van der Waals surface area contributed by atoms with Gasteiger partial charge in [0.1, 0.15) is 5.52 Å². The van der Waals surface area contributed by atoms with Gasteiger partial charge in [0.25, 0.3) is 0 Å². The maximum atomic E-state index is 4.72. The first-order valence-corrected chi connectivity index (χ1v) is 7.95. The van der Waals surface area contributed by atoms with E-state index in [4.69, 9.17) is 4.98 Å². The standard InChI is InChI=1S/C16H15N5S/c1-10(12-6-4-3-5-7-12)21-16-13(8-18-21)19-15(20-16)14-9-17-11(2)22-14/h3-10H,1-2H3,(H,19,20)/t10-/m0/s1. The minimum absolute atomic E-state index is 0.137. The van der Waals surface area contributed by atoms with E-state index in [-0.39, 0.29) is 6.04 Å². The van der Waals surface area contributed by atoms with Crippen molar-refractivity contribution in [1.29, 1.82) is 0 Å². The zero-order valence-corrected chi connectivity index (χ0v) is 13.1. The Bertz CT molecular complexity index is 918. The van der Waals surface area contributed by atoms with Gasteiger partial charge in [0.05, 0.1) is 22.1 Å². The Kier molecular flexibility index (Phi) is 3.04. The number of hydrogen-bond acceptors (Lipinski definition) is 4. The van der Waals surface area contributed by atoms with E-state index in [9.17, 15) is 0 Å². The monoisotopic (exact) mass is 309 g/mol. The van der Waals surface area contributed by atoms with Gasteiger partial charge in [0.15, 0.2) is 11.5 Å². The molecule has 0 radical (unpaired) electrons. The van der Waals surface area contributed by atoms with Crippen molar-refractivity contribution in [2.45, 2.75) is 19.9 Å². The number of aryl methyl sites for hydroxylation is 1. The molecular formula is C16H15N5S. The van der Waals surface area contributed by atoms with Gasteiger partial charge in [-0.25, -0.2) is 14.6 Å². The lowest BCUT2D eigenvalue weighted by atomic mass is 10.1. The molecule has 0 saturated heterocycles. The Morgan fingerprint density at radius 3 is 2.73 bits per heavy atom. The van der Waals surface area contributed by atoms with E-state index in [2.05, 4.69) is 34.1 Å². The molecule has 4 rings (SSSR count). The summed E-state index contributed by atoms with van der Waals surface area (Å²) in [6, 6.07) is 10.5. The first kappa shape index (κ1) is 13.2. The van der Waals surface area contributed by atoms with Crippen LogP contribution in [0.3, 0.4) is 0 Å². The molecule has 0 unspecified atom stereocenters. The van der Waals surface area contributed by atoms with Crippen LogP contribution in [0.25, 0.3) is 21.9 Å². The summed E-state index contributed by atoms with van der Waals surface area (Å²) < 4.78 is 1.96. The Balaban J connectivity index is 1.78. The van der Waals surface area contributed by atoms with E-state index in [0.29, 0.717) is 0 Å². The largest absolute Gasteiger partial charge is 0.335 e. The van der Waals surface area contributed by atoms with Crippen molar-refractivity contribution >= 4 is 22.5 Å². The molecule has 1 atom stereocenters. The highest BCUT2D eigenvalue weighted by Gasteiger charge is 2.16. The first-order chi connectivity index (χ1) is 10.7. The lowest BCUT2D eigenvalue weighted by Gasteiger charge is -2.12. The van der Waals surface area contributed by atoms with E-state index in [1.807, 2.05) is 42.2 Å². The molecule has 0 aliphatic heterocycles. The fourth-order valence-electron chi connectivity index (χ4n) is 2.56. The summed E-state index contributed by atoms with van der Waals surface area (Å²) in [6.45, 7) is 4.13.